The summed E-state index contributed by atoms with van der Waals surface area (Å²) in [5, 5.41) is 10.1. The number of rotatable bonds is 7. The molecule has 1 aromatic heterocycles. The number of anilines is 2. The number of ether oxygens (including phenoxy) is 1. The highest BCUT2D eigenvalue weighted by molar-refractivity contribution is 5.97. The molecule has 0 radical (unpaired) electrons. The predicted molar refractivity (Wildman–Crippen MR) is 127 cm³/mol. The lowest BCUT2D eigenvalue weighted by Gasteiger charge is -2.26. The van der Waals surface area contributed by atoms with Crippen LogP contribution in [0.25, 0.3) is 16.9 Å². The molecule has 4 rings (SSSR count). The average Bonchev–Trinajstić information content (AvgIpc) is 3.18. The van der Waals surface area contributed by atoms with E-state index >= 15 is 0 Å². The largest absolute Gasteiger partial charge is 0.416 e. The van der Waals surface area contributed by atoms with Crippen LogP contribution < -0.4 is 16.4 Å². The van der Waals surface area contributed by atoms with Crippen LogP contribution in [0.1, 0.15) is 12.0 Å². The fraction of sp³-hybridized carbons (Fsp3) is 0.333. The van der Waals surface area contributed by atoms with Crippen LogP contribution in [0.4, 0.5) is 29.5 Å². The number of carbonyl (C=O) groups excluding carboxylic acids is 1. The van der Waals surface area contributed by atoms with Gasteiger partial charge in [0.2, 0.25) is 0 Å². The molecule has 0 unspecified atom stereocenters. The summed E-state index contributed by atoms with van der Waals surface area (Å²) in [5.74, 6) is 0.104. The Kier molecular flexibility index (Phi) is 7.57. The summed E-state index contributed by atoms with van der Waals surface area (Å²) in [5.41, 5.74) is 7.27. The number of nitrogen functional groups attached to an aromatic ring is 1. The zero-order valence-electron chi connectivity index (χ0n) is 19.0. The molecular formula is C24H27F3N6O2. The van der Waals surface area contributed by atoms with Gasteiger partial charge in [0, 0.05) is 25.2 Å². The Balaban J connectivity index is 1.50. The highest BCUT2D eigenvalue weighted by Crippen LogP contribution is 2.35. The molecular weight excluding hydrogens is 461 g/mol. The highest BCUT2D eigenvalue weighted by Gasteiger charge is 2.30. The van der Waals surface area contributed by atoms with Crippen LogP contribution in [-0.4, -0.2) is 60.1 Å². The Morgan fingerprint density at radius 2 is 1.74 bits per heavy atom. The number of urea groups is 1. The van der Waals surface area contributed by atoms with Gasteiger partial charge in [-0.05, 0) is 37.2 Å². The third kappa shape index (κ3) is 6.11. The molecule has 0 spiro atoms. The van der Waals surface area contributed by atoms with Gasteiger partial charge in [0.15, 0.2) is 5.82 Å². The van der Waals surface area contributed by atoms with Gasteiger partial charge in [-0.2, -0.15) is 18.3 Å². The molecule has 0 aliphatic carbocycles. The first-order chi connectivity index (χ1) is 16.8. The molecule has 2 amide bonds. The van der Waals surface area contributed by atoms with E-state index in [1.165, 1.54) is 16.8 Å². The summed E-state index contributed by atoms with van der Waals surface area (Å²) < 4.78 is 45.5. The molecule has 1 aliphatic heterocycles. The molecule has 2 aromatic carbocycles. The summed E-state index contributed by atoms with van der Waals surface area (Å²) in [6, 6.07) is 13.2. The molecule has 35 heavy (non-hydrogen) atoms. The van der Waals surface area contributed by atoms with Gasteiger partial charge in [-0.15, -0.1) is 0 Å². The maximum atomic E-state index is 13.0. The Morgan fingerprint density at radius 1 is 1.06 bits per heavy atom. The van der Waals surface area contributed by atoms with Gasteiger partial charge < -0.3 is 21.1 Å². The molecule has 0 atom stereocenters. The molecule has 0 bridgehead atoms. The SMILES string of the molecule is Nc1c(NC(=O)NCCCN2CCOCC2)c(-c2ccccc2)nn1-c1ccc(C(F)(F)F)cc1. The number of aromatic nitrogens is 2. The van der Waals surface area contributed by atoms with E-state index in [1.54, 1.807) is 0 Å². The van der Waals surface area contributed by atoms with Crippen LogP contribution >= 0.6 is 0 Å². The lowest BCUT2D eigenvalue weighted by molar-refractivity contribution is -0.137. The summed E-state index contributed by atoms with van der Waals surface area (Å²) in [4.78, 5) is 14.9. The number of nitrogens with two attached hydrogens (primary N) is 1. The summed E-state index contributed by atoms with van der Waals surface area (Å²) in [6.07, 6.45) is -3.67. The average molecular weight is 489 g/mol. The fourth-order valence-corrected chi connectivity index (χ4v) is 3.83. The van der Waals surface area contributed by atoms with Crippen LogP contribution in [0.3, 0.4) is 0 Å². The van der Waals surface area contributed by atoms with Crippen LogP contribution in [-0.2, 0) is 10.9 Å². The Labute approximate surface area is 200 Å². The highest BCUT2D eigenvalue weighted by atomic mass is 19.4. The van der Waals surface area contributed by atoms with Crippen molar-refractivity contribution in [1.82, 2.24) is 20.0 Å². The second kappa shape index (κ2) is 10.8. The van der Waals surface area contributed by atoms with E-state index in [0.717, 1.165) is 51.4 Å². The number of benzene rings is 2. The fourth-order valence-electron chi connectivity index (χ4n) is 3.83. The van der Waals surface area contributed by atoms with E-state index in [2.05, 4.69) is 20.6 Å². The number of amides is 2. The Hall–Kier alpha value is -3.57. The second-order valence-corrected chi connectivity index (χ2v) is 8.12. The zero-order chi connectivity index (χ0) is 24.8. The van der Waals surface area contributed by atoms with Crippen LogP contribution in [0.15, 0.2) is 54.6 Å². The number of hydrogen-bond acceptors (Lipinski definition) is 5. The molecule has 1 saturated heterocycles. The summed E-state index contributed by atoms with van der Waals surface area (Å²) in [7, 11) is 0. The predicted octanol–water partition coefficient (Wildman–Crippen LogP) is 3.98. The summed E-state index contributed by atoms with van der Waals surface area (Å²) in [6.45, 7) is 4.53. The molecule has 1 aliphatic rings. The smallest absolute Gasteiger partial charge is 0.382 e. The van der Waals surface area contributed by atoms with Crippen molar-refractivity contribution in [3.8, 4) is 16.9 Å². The van der Waals surface area contributed by atoms with E-state index in [1.807, 2.05) is 30.3 Å². The van der Waals surface area contributed by atoms with Crippen molar-refractivity contribution < 1.29 is 22.7 Å². The lowest BCUT2D eigenvalue weighted by atomic mass is 10.1. The van der Waals surface area contributed by atoms with Crippen molar-refractivity contribution in [1.29, 1.82) is 0 Å². The van der Waals surface area contributed by atoms with Crippen LogP contribution in [0.2, 0.25) is 0 Å². The van der Waals surface area contributed by atoms with E-state index in [-0.39, 0.29) is 11.5 Å². The van der Waals surface area contributed by atoms with E-state index in [0.29, 0.717) is 23.5 Å². The van der Waals surface area contributed by atoms with Crippen molar-refractivity contribution in [2.75, 3.05) is 50.4 Å². The van der Waals surface area contributed by atoms with E-state index < -0.39 is 17.8 Å². The molecule has 0 saturated carbocycles. The molecule has 186 valence electrons. The topological polar surface area (TPSA) is 97.4 Å². The van der Waals surface area contributed by atoms with Crippen molar-refractivity contribution in [2.45, 2.75) is 12.6 Å². The number of morpholine rings is 1. The number of hydrogen-bond donors (Lipinski definition) is 3. The Morgan fingerprint density at radius 3 is 2.40 bits per heavy atom. The van der Waals surface area contributed by atoms with Crippen molar-refractivity contribution in [3.63, 3.8) is 0 Å². The zero-order valence-corrected chi connectivity index (χ0v) is 19.0. The van der Waals surface area contributed by atoms with Crippen molar-refractivity contribution in [2.24, 2.45) is 0 Å². The third-order valence-electron chi connectivity index (χ3n) is 5.69. The monoisotopic (exact) mass is 488 g/mol. The minimum Gasteiger partial charge on any atom is -0.382 e. The molecule has 4 N–H and O–H groups in total. The van der Waals surface area contributed by atoms with Crippen LogP contribution in [0, 0.1) is 0 Å². The van der Waals surface area contributed by atoms with Crippen molar-refractivity contribution in [3.05, 3.63) is 60.2 Å². The first kappa shape index (κ1) is 24.6. The normalized spacial score (nSPS) is 14.6. The van der Waals surface area contributed by atoms with Crippen LogP contribution in [0.5, 0.6) is 0 Å². The first-order valence-corrected chi connectivity index (χ1v) is 11.3. The number of halogens is 3. The number of alkyl halides is 3. The van der Waals surface area contributed by atoms with Gasteiger partial charge in [-0.3, -0.25) is 4.90 Å². The molecule has 1 fully saturated rings. The van der Waals surface area contributed by atoms with Crippen molar-refractivity contribution >= 4 is 17.5 Å². The minimum absolute atomic E-state index is 0.104. The maximum absolute atomic E-state index is 13.0. The first-order valence-electron chi connectivity index (χ1n) is 11.3. The van der Waals surface area contributed by atoms with Gasteiger partial charge in [0.25, 0.3) is 0 Å². The maximum Gasteiger partial charge on any atom is 0.416 e. The van der Waals surface area contributed by atoms with Gasteiger partial charge in [0.05, 0.1) is 24.5 Å². The second-order valence-electron chi connectivity index (χ2n) is 8.12. The minimum atomic E-state index is -4.45. The molecule has 8 nitrogen and oxygen atoms in total. The van der Waals surface area contributed by atoms with Gasteiger partial charge in [-0.25, -0.2) is 9.48 Å². The standard InChI is InChI=1S/C24H27F3N6O2/c25-24(26,27)18-7-9-19(10-8-18)33-22(28)21(20(31-33)17-5-2-1-3-6-17)30-23(34)29-11-4-12-32-13-15-35-16-14-32/h1-3,5-10H,4,11-16,28H2,(H2,29,30,34). The number of nitrogens with one attached hydrogen (secondary N) is 2. The van der Waals surface area contributed by atoms with E-state index in [4.69, 9.17) is 10.5 Å². The number of nitrogens with zero attached hydrogens (tertiary/aromatic N) is 3. The van der Waals surface area contributed by atoms with E-state index in [9.17, 15) is 18.0 Å². The summed E-state index contributed by atoms with van der Waals surface area (Å²) >= 11 is 0. The van der Waals surface area contributed by atoms with Gasteiger partial charge in [-0.1, -0.05) is 30.3 Å². The molecule has 11 heteroatoms. The Bertz CT molecular complexity index is 1130. The number of carbonyl (C=O) groups is 1. The third-order valence-corrected chi connectivity index (χ3v) is 5.69. The van der Waals surface area contributed by atoms with Gasteiger partial charge >= 0.3 is 12.2 Å². The molecule has 3 aromatic rings. The van der Waals surface area contributed by atoms with Gasteiger partial charge in [0.1, 0.15) is 11.4 Å². The quantitative estimate of drug-likeness (QED) is 0.437. The lowest BCUT2D eigenvalue weighted by Crippen LogP contribution is -2.38. The molecule has 2 heterocycles.